The maximum Gasteiger partial charge on any atom is 0.338 e. The van der Waals surface area contributed by atoms with Crippen molar-refractivity contribution in [2.24, 2.45) is 0 Å². The van der Waals surface area contributed by atoms with Gasteiger partial charge in [-0.15, -0.1) is 0 Å². The SMILES string of the molecule is CC(OC(=O)c1ccc2c(c1)C(=O)N(C)C2=O)C(=O)Nc1ccc(Br)cc1F. The van der Waals surface area contributed by atoms with Gasteiger partial charge in [-0.3, -0.25) is 19.3 Å². The van der Waals surface area contributed by atoms with Crippen LogP contribution in [0.3, 0.4) is 0 Å². The smallest absolute Gasteiger partial charge is 0.338 e. The number of hydrogen-bond acceptors (Lipinski definition) is 5. The van der Waals surface area contributed by atoms with Crippen LogP contribution >= 0.6 is 15.9 Å². The Bertz CT molecular complexity index is 1020. The average Bonchev–Trinajstić information content (AvgIpc) is 2.87. The monoisotopic (exact) mass is 448 g/mol. The van der Waals surface area contributed by atoms with Crippen LogP contribution in [0.1, 0.15) is 38.0 Å². The largest absolute Gasteiger partial charge is 0.449 e. The molecule has 1 N–H and O–H groups in total. The number of amides is 3. The molecule has 1 aliphatic rings. The highest BCUT2D eigenvalue weighted by atomic mass is 79.9. The van der Waals surface area contributed by atoms with Crippen LogP contribution < -0.4 is 5.32 Å². The van der Waals surface area contributed by atoms with Gasteiger partial charge in [0, 0.05) is 11.5 Å². The van der Waals surface area contributed by atoms with E-state index < -0.39 is 35.6 Å². The number of imide groups is 1. The Morgan fingerprint density at radius 3 is 2.46 bits per heavy atom. The lowest BCUT2D eigenvalue weighted by atomic mass is 10.1. The van der Waals surface area contributed by atoms with Crippen molar-refractivity contribution in [2.45, 2.75) is 13.0 Å². The first-order chi connectivity index (χ1) is 13.2. The van der Waals surface area contributed by atoms with Crippen molar-refractivity contribution in [1.29, 1.82) is 0 Å². The molecule has 0 radical (unpaired) electrons. The molecular formula is C19H14BrFN2O5. The Labute approximate surface area is 167 Å². The summed E-state index contributed by atoms with van der Waals surface area (Å²) in [6.07, 6.45) is -1.22. The van der Waals surface area contributed by atoms with E-state index in [0.717, 1.165) is 4.90 Å². The number of nitrogens with zero attached hydrogens (tertiary/aromatic N) is 1. The summed E-state index contributed by atoms with van der Waals surface area (Å²) in [7, 11) is 1.34. The number of benzene rings is 2. The minimum atomic E-state index is -1.22. The number of ether oxygens (including phenoxy) is 1. The van der Waals surface area contributed by atoms with Crippen LogP contribution in [-0.2, 0) is 9.53 Å². The second kappa shape index (κ2) is 7.51. The van der Waals surface area contributed by atoms with Gasteiger partial charge in [-0.25, -0.2) is 9.18 Å². The third-order valence-electron chi connectivity index (χ3n) is 4.17. The van der Waals surface area contributed by atoms with E-state index in [0.29, 0.717) is 4.47 Å². The normalized spacial score (nSPS) is 13.9. The lowest BCUT2D eigenvalue weighted by Crippen LogP contribution is -2.30. The number of nitrogens with one attached hydrogen (secondary N) is 1. The molecule has 144 valence electrons. The van der Waals surface area contributed by atoms with Gasteiger partial charge < -0.3 is 10.1 Å². The molecule has 0 aromatic heterocycles. The van der Waals surface area contributed by atoms with Gasteiger partial charge in [0.2, 0.25) is 0 Å². The van der Waals surface area contributed by atoms with Gasteiger partial charge in [-0.1, -0.05) is 15.9 Å². The highest BCUT2D eigenvalue weighted by molar-refractivity contribution is 9.10. The predicted octanol–water partition coefficient (Wildman–Crippen LogP) is 3.00. The van der Waals surface area contributed by atoms with Crippen molar-refractivity contribution in [3.63, 3.8) is 0 Å². The molecule has 28 heavy (non-hydrogen) atoms. The third-order valence-corrected chi connectivity index (χ3v) is 4.66. The molecule has 0 fully saturated rings. The number of rotatable bonds is 4. The topological polar surface area (TPSA) is 92.8 Å². The summed E-state index contributed by atoms with van der Waals surface area (Å²) in [5.41, 5.74) is 0.252. The van der Waals surface area contributed by atoms with E-state index in [9.17, 15) is 23.6 Å². The van der Waals surface area contributed by atoms with Crippen LogP contribution in [0.15, 0.2) is 40.9 Å². The van der Waals surface area contributed by atoms with Crippen LogP contribution in [0.4, 0.5) is 10.1 Å². The molecule has 7 nitrogen and oxygen atoms in total. The second-order valence-electron chi connectivity index (χ2n) is 6.09. The molecule has 1 atom stereocenters. The standard InChI is InChI=1S/C19H14BrFN2O5/c1-9(16(24)22-15-6-4-11(20)8-14(15)21)28-19(27)10-3-5-12-13(7-10)18(26)23(2)17(12)25/h3-9H,1-2H3,(H,22,24). The van der Waals surface area contributed by atoms with Crippen molar-refractivity contribution < 1.29 is 28.3 Å². The van der Waals surface area contributed by atoms with Gasteiger partial charge in [0.25, 0.3) is 17.7 Å². The van der Waals surface area contributed by atoms with Crippen LogP contribution in [0.2, 0.25) is 0 Å². The van der Waals surface area contributed by atoms with Crippen molar-refractivity contribution >= 4 is 45.3 Å². The molecular weight excluding hydrogens is 435 g/mol. The summed E-state index contributed by atoms with van der Waals surface area (Å²) >= 11 is 3.11. The molecule has 3 amide bonds. The Hall–Kier alpha value is -3.07. The Balaban J connectivity index is 1.70. The zero-order chi connectivity index (χ0) is 20.6. The van der Waals surface area contributed by atoms with Crippen molar-refractivity contribution in [2.75, 3.05) is 12.4 Å². The van der Waals surface area contributed by atoms with E-state index in [-0.39, 0.29) is 22.4 Å². The molecule has 0 spiro atoms. The quantitative estimate of drug-likeness (QED) is 0.573. The lowest BCUT2D eigenvalue weighted by Gasteiger charge is -2.14. The molecule has 9 heteroatoms. The van der Waals surface area contributed by atoms with Crippen LogP contribution in [0, 0.1) is 5.82 Å². The van der Waals surface area contributed by atoms with Gasteiger partial charge in [0.1, 0.15) is 5.82 Å². The number of fused-ring (bicyclic) bond motifs is 1. The highest BCUT2D eigenvalue weighted by Crippen LogP contribution is 2.23. The first-order valence-corrected chi connectivity index (χ1v) is 8.91. The highest BCUT2D eigenvalue weighted by Gasteiger charge is 2.33. The number of esters is 1. The summed E-state index contributed by atoms with van der Waals surface area (Å²) in [6, 6.07) is 8.05. The second-order valence-corrected chi connectivity index (χ2v) is 7.01. The van der Waals surface area contributed by atoms with E-state index in [1.165, 1.54) is 44.3 Å². The predicted molar refractivity (Wildman–Crippen MR) is 100 cm³/mol. The summed E-state index contributed by atoms with van der Waals surface area (Å²) in [4.78, 5) is 49.3. The third kappa shape index (κ3) is 3.65. The summed E-state index contributed by atoms with van der Waals surface area (Å²) in [5, 5.41) is 2.34. The van der Waals surface area contributed by atoms with E-state index >= 15 is 0 Å². The fraction of sp³-hybridized carbons (Fsp3) is 0.158. The summed E-state index contributed by atoms with van der Waals surface area (Å²) in [6.45, 7) is 1.33. The number of carbonyl (C=O) groups excluding carboxylic acids is 4. The van der Waals surface area contributed by atoms with Crippen LogP contribution in [-0.4, -0.2) is 41.7 Å². The number of anilines is 1. The maximum atomic E-state index is 13.8. The number of carbonyl (C=O) groups is 4. The molecule has 0 saturated carbocycles. The first kappa shape index (κ1) is 19.7. The first-order valence-electron chi connectivity index (χ1n) is 8.12. The number of halogens is 2. The molecule has 0 bridgehead atoms. The summed E-state index contributed by atoms with van der Waals surface area (Å²) in [5.74, 6) is -3.19. The van der Waals surface area contributed by atoms with Crippen molar-refractivity contribution in [1.82, 2.24) is 4.90 Å². The van der Waals surface area contributed by atoms with Gasteiger partial charge in [-0.05, 0) is 43.3 Å². The van der Waals surface area contributed by atoms with Gasteiger partial charge in [0.05, 0.1) is 22.4 Å². The van der Waals surface area contributed by atoms with E-state index in [1.54, 1.807) is 6.07 Å². The fourth-order valence-electron chi connectivity index (χ4n) is 2.60. The van der Waals surface area contributed by atoms with E-state index in [4.69, 9.17) is 4.74 Å². The van der Waals surface area contributed by atoms with Crippen molar-refractivity contribution in [3.05, 3.63) is 63.4 Å². The van der Waals surface area contributed by atoms with Crippen molar-refractivity contribution in [3.8, 4) is 0 Å². The molecule has 2 aromatic carbocycles. The summed E-state index contributed by atoms with van der Waals surface area (Å²) < 4.78 is 19.4. The molecule has 0 aliphatic carbocycles. The fourth-order valence-corrected chi connectivity index (χ4v) is 2.93. The van der Waals surface area contributed by atoms with Crippen LogP contribution in [0.5, 0.6) is 0 Å². The molecule has 1 aliphatic heterocycles. The average molecular weight is 449 g/mol. The Morgan fingerprint density at radius 1 is 1.11 bits per heavy atom. The Kier molecular flexibility index (Phi) is 5.28. The lowest BCUT2D eigenvalue weighted by molar-refractivity contribution is -0.123. The van der Waals surface area contributed by atoms with E-state index in [2.05, 4.69) is 21.2 Å². The maximum absolute atomic E-state index is 13.8. The minimum Gasteiger partial charge on any atom is -0.449 e. The van der Waals surface area contributed by atoms with Crippen LogP contribution in [0.25, 0.3) is 0 Å². The molecule has 2 aromatic rings. The zero-order valence-electron chi connectivity index (χ0n) is 14.8. The number of hydrogen-bond donors (Lipinski definition) is 1. The molecule has 3 rings (SSSR count). The minimum absolute atomic E-state index is 0.0182. The van der Waals surface area contributed by atoms with Gasteiger partial charge >= 0.3 is 5.97 Å². The Morgan fingerprint density at radius 2 is 1.79 bits per heavy atom. The van der Waals surface area contributed by atoms with Gasteiger partial charge in [0.15, 0.2) is 6.10 Å². The van der Waals surface area contributed by atoms with Gasteiger partial charge in [-0.2, -0.15) is 0 Å². The van der Waals surface area contributed by atoms with E-state index in [1.807, 2.05) is 0 Å². The molecule has 0 saturated heterocycles. The molecule has 1 unspecified atom stereocenters. The zero-order valence-corrected chi connectivity index (χ0v) is 16.4. The molecule has 1 heterocycles.